The van der Waals surface area contributed by atoms with Gasteiger partial charge in [0.25, 0.3) is 15.9 Å². The molecule has 0 atom stereocenters. The lowest BCUT2D eigenvalue weighted by Crippen LogP contribution is -2.13. The highest BCUT2D eigenvalue weighted by Crippen LogP contribution is 2.36. The van der Waals surface area contributed by atoms with Crippen LogP contribution in [0, 0.1) is 10.1 Å². The number of fused-ring (bicyclic) bond motifs is 1. The number of anilines is 2. The molecule has 0 spiro atoms. The van der Waals surface area contributed by atoms with E-state index in [1.807, 2.05) is 0 Å². The van der Waals surface area contributed by atoms with Crippen LogP contribution in [-0.2, 0) is 21.0 Å². The standard InChI is InChI=1S/C22H14F3N3O6S/c23-22(24,25)13-2-4-14(5-3-13)27-35(33,34)15-6-7-18-16(11-15)17(21(30)26-18)9-12-1-8-19(28(31)32)20(29)10-12/h1-11,27,29H,(H,26,30). The third kappa shape index (κ3) is 4.80. The first-order valence-corrected chi connectivity index (χ1v) is 11.2. The molecular formula is C22H14F3N3O6S. The van der Waals surface area contributed by atoms with Gasteiger partial charge in [0.05, 0.1) is 15.4 Å². The molecule has 3 N–H and O–H groups in total. The normalized spacial score (nSPS) is 14.5. The molecular weight excluding hydrogens is 491 g/mol. The summed E-state index contributed by atoms with van der Waals surface area (Å²) in [6.07, 6.45) is -3.25. The maximum Gasteiger partial charge on any atom is 0.416 e. The average Bonchev–Trinajstić information content (AvgIpc) is 3.07. The van der Waals surface area contributed by atoms with Crippen molar-refractivity contribution < 1.29 is 36.4 Å². The number of phenols is 1. The zero-order valence-corrected chi connectivity index (χ0v) is 18.1. The molecule has 1 heterocycles. The van der Waals surface area contributed by atoms with Crippen molar-refractivity contribution in [2.45, 2.75) is 11.1 Å². The second-order valence-corrected chi connectivity index (χ2v) is 9.09. The molecule has 1 aliphatic heterocycles. The maximum atomic E-state index is 12.8. The number of nitro benzene ring substituents is 1. The van der Waals surface area contributed by atoms with Crippen LogP contribution in [0.5, 0.6) is 5.75 Å². The summed E-state index contributed by atoms with van der Waals surface area (Å²) in [5.74, 6) is -1.18. The zero-order valence-electron chi connectivity index (χ0n) is 17.3. The van der Waals surface area contributed by atoms with Crippen molar-refractivity contribution in [3.8, 4) is 5.75 Å². The molecule has 3 aromatic carbocycles. The minimum Gasteiger partial charge on any atom is -0.502 e. The third-order valence-corrected chi connectivity index (χ3v) is 6.43. The summed E-state index contributed by atoms with van der Waals surface area (Å²) in [4.78, 5) is 22.3. The van der Waals surface area contributed by atoms with E-state index in [4.69, 9.17) is 0 Å². The van der Waals surface area contributed by atoms with Crippen LogP contribution in [0.25, 0.3) is 11.6 Å². The summed E-state index contributed by atoms with van der Waals surface area (Å²) in [7, 11) is -4.23. The molecule has 3 aromatic rings. The van der Waals surface area contributed by atoms with Gasteiger partial charge >= 0.3 is 11.9 Å². The Morgan fingerprint density at radius 2 is 1.71 bits per heavy atom. The van der Waals surface area contributed by atoms with Crippen LogP contribution >= 0.6 is 0 Å². The van der Waals surface area contributed by atoms with Gasteiger partial charge in [0.1, 0.15) is 0 Å². The highest BCUT2D eigenvalue weighted by atomic mass is 32.2. The van der Waals surface area contributed by atoms with Gasteiger partial charge in [-0.15, -0.1) is 0 Å². The summed E-state index contributed by atoms with van der Waals surface area (Å²) in [6.45, 7) is 0. The lowest BCUT2D eigenvalue weighted by atomic mass is 10.0. The Kier molecular flexibility index (Phi) is 5.72. The molecule has 0 aliphatic carbocycles. The molecule has 0 saturated carbocycles. The molecule has 13 heteroatoms. The number of hydrogen-bond donors (Lipinski definition) is 3. The van der Waals surface area contributed by atoms with Gasteiger partial charge in [-0.05, 0) is 66.2 Å². The van der Waals surface area contributed by atoms with E-state index in [2.05, 4.69) is 10.0 Å². The number of benzene rings is 3. The van der Waals surface area contributed by atoms with E-state index < -0.39 is 44.0 Å². The Morgan fingerprint density at radius 3 is 2.31 bits per heavy atom. The fraction of sp³-hybridized carbons (Fsp3) is 0.0455. The van der Waals surface area contributed by atoms with Crippen molar-refractivity contribution in [1.82, 2.24) is 0 Å². The highest BCUT2D eigenvalue weighted by molar-refractivity contribution is 7.92. The van der Waals surface area contributed by atoms with Gasteiger partial charge in [0, 0.05) is 28.6 Å². The summed E-state index contributed by atoms with van der Waals surface area (Å²) >= 11 is 0. The van der Waals surface area contributed by atoms with Crippen LogP contribution in [0.1, 0.15) is 16.7 Å². The summed E-state index contributed by atoms with van der Waals surface area (Å²) < 4.78 is 66.0. The lowest BCUT2D eigenvalue weighted by Gasteiger charge is -2.11. The molecule has 0 aromatic heterocycles. The highest BCUT2D eigenvalue weighted by Gasteiger charge is 2.30. The predicted octanol–water partition coefficient (Wildman–Crippen LogP) is 4.61. The number of nitro groups is 1. The summed E-state index contributed by atoms with van der Waals surface area (Å²) in [5.41, 5.74) is -0.739. The Bertz CT molecular complexity index is 1500. The summed E-state index contributed by atoms with van der Waals surface area (Å²) in [6, 6.07) is 10.7. The first-order valence-electron chi connectivity index (χ1n) is 9.70. The molecule has 1 aliphatic rings. The maximum absolute atomic E-state index is 12.8. The van der Waals surface area contributed by atoms with E-state index in [9.17, 15) is 41.6 Å². The fourth-order valence-electron chi connectivity index (χ4n) is 3.37. The van der Waals surface area contributed by atoms with Gasteiger partial charge in [-0.25, -0.2) is 8.42 Å². The Morgan fingerprint density at radius 1 is 1.03 bits per heavy atom. The second kappa shape index (κ2) is 8.43. The molecule has 9 nitrogen and oxygen atoms in total. The number of nitrogens with one attached hydrogen (secondary N) is 2. The first-order chi connectivity index (χ1) is 16.3. The van der Waals surface area contributed by atoms with Gasteiger partial charge in [-0.1, -0.05) is 0 Å². The van der Waals surface area contributed by atoms with E-state index in [1.165, 1.54) is 30.3 Å². The molecule has 0 bridgehead atoms. The van der Waals surface area contributed by atoms with E-state index in [-0.39, 0.29) is 27.3 Å². The monoisotopic (exact) mass is 505 g/mol. The minimum atomic E-state index is -4.57. The lowest BCUT2D eigenvalue weighted by molar-refractivity contribution is -0.385. The van der Waals surface area contributed by atoms with Crippen LogP contribution in [0.3, 0.4) is 0 Å². The molecule has 1 amide bonds. The number of aromatic hydroxyl groups is 1. The smallest absolute Gasteiger partial charge is 0.416 e. The summed E-state index contributed by atoms with van der Waals surface area (Å²) in [5, 5.41) is 23.3. The topological polar surface area (TPSA) is 139 Å². The van der Waals surface area contributed by atoms with Crippen LogP contribution in [0.4, 0.5) is 30.2 Å². The van der Waals surface area contributed by atoms with Gasteiger partial charge in [0.2, 0.25) is 0 Å². The van der Waals surface area contributed by atoms with Crippen molar-refractivity contribution in [3.05, 3.63) is 87.5 Å². The Labute approximate surface area is 195 Å². The van der Waals surface area contributed by atoms with Crippen molar-refractivity contribution in [2.75, 3.05) is 10.0 Å². The van der Waals surface area contributed by atoms with Crippen LogP contribution < -0.4 is 10.0 Å². The number of phenolic OH excluding ortho intramolecular Hbond substituents is 1. The van der Waals surface area contributed by atoms with E-state index in [0.29, 0.717) is 5.69 Å². The largest absolute Gasteiger partial charge is 0.502 e. The number of carbonyl (C=O) groups excluding carboxylic acids is 1. The van der Waals surface area contributed by atoms with Crippen LogP contribution in [0.2, 0.25) is 0 Å². The predicted molar refractivity (Wildman–Crippen MR) is 120 cm³/mol. The van der Waals surface area contributed by atoms with E-state index in [1.54, 1.807) is 0 Å². The molecule has 0 unspecified atom stereocenters. The number of halogens is 3. The van der Waals surface area contributed by atoms with Crippen LogP contribution in [0.15, 0.2) is 65.6 Å². The zero-order chi connectivity index (χ0) is 25.5. The van der Waals surface area contributed by atoms with Crippen molar-refractivity contribution in [1.29, 1.82) is 0 Å². The fourth-order valence-corrected chi connectivity index (χ4v) is 4.45. The number of sulfonamides is 1. The molecule has 35 heavy (non-hydrogen) atoms. The Hall–Kier alpha value is -4.39. The van der Waals surface area contributed by atoms with E-state index in [0.717, 1.165) is 36.4 Å². The van der Waals surface area contributed by atoms with Crippen LogP contribution in [-0.4, -0.2) is 24.4 Å². The number of alkyl halides is 3. The average molecular weight is 505 g/mol. The number of amides is 1. The van der Waals surface area contributed by atoms with Gasteiger partial charge in [0.15, 0.2) is 5.75 Å². The van der Waals surface area contributed by atoms with Gasteiger partial charge in [-0.3, -0.25) is 19.6 Å². The Balaban J connectivity index is 1.66. The first kappa shape index (κ1) is 23.8. The van der Waals surface area contributed by atoms with E-state index >= 15 is 0 Å². The SMILES string of the molecule is O=C1Nc2ccc(S(=O)(=O)Nc3ccc(C(F)(F)F)cc3)cc2C1=Cc1ccc([N+](=O)[O-])c(O)c1. The molecule has 0 radical (unpaired) electrons. The van der Waals surface area contributed by atoms with Crippen molar-refractivity contribution in [2.24, 2.45) is 0 Å². The molecule has 4 rings (SSSR count). The minimum absolute atomic E-state index is 0.0415. The van der Waals surface area contributed by atoms with Crippen molar-refractivity contribution in [3.63, 3.8) is 0 Å². The number of carbonyl (C=O) groups is 1. The molecule has 0 saturated heterocycles. The number of hydrogen-bond acceptors (Lipinski definition) is 6. The molecule has 180 valence electrons. The van der Waals surface area contributed by atoms with Crippen molar-refractivity contribution >= 4 is 44.6 Å². The second-order valence-electron chi connectivity index (χ2n) is 7.41. The molecule has 0 fully saturated rings. The number of nitrogens with zero attached hydrogens (tertiary/aromatic N) is 1. The van der Waals surface area contributed by atoms with Gasteiger partial charge in [-0.2, -0.15) is 13.2 Å². The number of rotatable bonds is 5. The quantitative estimate of drug-likeness (QED) is 0.263. The third-order valence-electron chi connectivity index (χ3n) is 5.06. The van der Waals surface area contributed by atoms with Gasteiger partial charge < -0.3 is 10.4 Å².